The van der Waals surface area contributed by atoms with Crippen LogP contribution in [0.2, 0.25) is 0 Å². The zero-order chi connectivity index (χ0) is 27.3. The number of rotatable bonds is 6. The Morgan fingerprint density at radius 3 is 1.88 bits per heavy atom. The molecule has 0 saturated carbocycles. The molecule has 6 aromatic carbocycles. The van der Waals surface area contributed by atoms with Crippen LogP contribution in [0.1, 0.15) is 22.3 Å². The molecule has 0 unspecified atom stereocenters. The molecule has 6 aromatic rings. The number of ether oxygens (including phenoxy) is 2. The van der Waals surface area contributed by atoms with Crippen molar-refractivity contribution in [2.24, 2.45) is 0 Å². The molecule has 0 spiro atoms. The molecule has 194 valence electrons. The molecule has 0 bridgehead atoms. The molecular weight excluding hydrogens is 502 g/mol. The van der Waals surface area contributed by atoms with Gasteiger partial charge in [0.2, 0.25) is 0 Å². The van der Waals surface area contributed by atoms with Gasteiger partial charge < -0.3 is 9.47 Å². The largest absolute Gasteiger partial charge is 0.485 e. The smallest absolute Gasteiger partial charge is 0.169 e. The summed E-state index contributed by atoms with van der Waals surface area (Å²) in [5, 5.41) is 3.86. The number of hydrogen-bond donors (Lipinski definition) is 0. The molecule has 0 saturated heterocycles. The van der Waals surface area contributed by atoms with Crippen LogP contribution in [0.15, 0.2) is 121 Å². The second kappa shape index (κ2) is 11.3. The molecule has 0 aromatic heterocycles. The Balaban J connectivity index is 1.40. The molecule has 0 fully saturated rings. The highest BCUT2D eigenvalue weighted by Gasteiger charge is 2.13. The van der Waals surface area contributed by atoms with Crippen molar-refractivity contribution in [3.8, 4) is 23.3 Å². The fourth-order valence-electron chi connectivity index (χ4n) is 4.58. The zero-order valence-electron chi connectivity index (χ0n) is 21.5. The monoisotopic (exact) mass is 526 g/mol. The van der Waals surface area contributed by atoms with E-state index in [-0.39, 0.29) is 5.56 Å². The van der Waals surface area contributed by atoms with Gasteiger partial charge in [-0.15, -0.1) is 0 Å². The van der Waals surface area contributed by atoms with E-state index in [2.05, 4.69) is 24.0 Å². The summed E-state index contributed by atoms with van der Waals surface area (Å²) in [5.41, 5.74) is 2.52. The molecule has 0 heterocycles. The number of fused-ring (bicyclic) bond motifs is 2. The van der Waals surface area contributed by atoms with E-state index in [9.17, 15) is 8.78 Å². The van der Waals surface area contributed by atoms with E-state index in [1.54, 1.807) is 0 Å². The third-order valence-corrected chi connectivity index (χ3v) is 6.65. The highest BCUT2D eigenvalue weighted by molar-refractivity contribution is 6.02. The highest BCUT2D eigenvalue weighted by Crippen LogP contribution is 2.39. The number of hydrogen-bond acceptors (Lipinski definition) is 2. The van der Waals surface area contributed by atoms with Gasteiger partial charge in [0.1, 0.15) is 24.8 Å². The van der Waals surface area contributed by atoms with Gasteiger partial charge in [-0.2, -0.15) is 0 Å². The van der Waals surface area contributed by atoms with Crippen molar-refractivity contribution in [2.75, 3.05) is 0 Å². The van der Waals surface area contributed by atoms with E-state index >= 15 is 0 Å². The molecule has 6 rings (SSSR count). The van der Waals surface area contributed by atoms with Crippen LogP contribution in [-0.4, -0.2) is 0 Å². The Morgan fingerprint density at radius 1 is 0.525 bits per heavy atom. The standard InChI is InChI=1S/C36H24F2O2/c37-33-12-7-13-34(38)31(33)18-15-25-14-16-28-21-29-17-19-35(39-23-26-8-3-1-4-9-26)36(32(29)22-30(28)20-25)40-24-27-10-5-2-6-11-27/h1-14,16-17,19-22H,23-24H2. The van der Waals surface area contributed by atoms with Gasteiger partial charge in [-0.25, -0.2) is 8.78 Å². The predicted molar refractivity (Wildman–Crippen MR) is 155 cm³/mol. The van der Waals surface area contributed by atoms with Gasteiger partial charge in [0.15, 0.2) is 11.5 Å². The molecule has 0 amide bonds. The lowest BCUT2D eigenvalue weighted by Crippen LogP contribution is -2.01. The number of benzene rings is 6. The summed E-state index contributed by atoms with van der Waals surface area (Å²) in [6.45, 7) is 0.799. The van der Waals surface area contributed by atoms with E-state index in [0.717, 1.165) is 32.7 Å². The Bertz CT molecular complexity index is 1850. The van der Waals surface area contributed by atoms with Crippen molar-refractivity contribution in [1.29, 1.82) is 0 Å². The molecule has 40 heavy (non-hydrogen) atoms. The maximum atomic E-state index is 14.1. The lowest BCUT2D eigenvalue weighted by Gasteiger charge is -2.16. The molecule has 4 heteroatoms. The van der Waals surface area contributed by atoms with Crippen LogP contribution >= 0.6 is 0 Å². The molecule has 0 aliphatic carbocycles. The summed E-state index contributed by atoms with van der Waals surface area (Å²) < 4.78 is 40.8. The summed E-state index contributed by atoms with van der Waals surface area (Å²) in [5.74, 6) is 5.50. The summed E-state index contributed by atoms with van der Waals surface area (Å²) >= 11 is 0. The molecule has 0 N–H and O–H groups in total. The van der Waals surface area contributed by atoms with Crippen LogP contribution in [0.5, 0.6) is 11.5 Å². The first-order chi connectivity index (χ1) is 19.6. The van der Waals surface area contributed by atoms with Crippen molar-refractivity contribution in [1.82, 2.24) is 0 Å². The van der Waals surface area contributed by atoms with Crippen molar-refractivity contribution in [3.63, 3.8) is 0 Å². The quantitative estimate of drug-likeness (QED) is 0.159. The Labute approximate surface area is 231 Å². The Hall–Kier alpha value is -5.14. The van der Waals surface area contributed by atoms with E-state index in [4.69, 9.17) is 9.47 Å². The van der Waals surface area contributed by atoms with Crippen LogP contribution in [0.25, 0.3) is 21.5 Å². The number of halogens is 2. The maximum Gasteiger partial charge on any atom is 0.169 e. The van der Waals surface area contributed by atoms with Gasteiger partial charge in [0.05, 0.1) is 5.56 Å². The summed E-state index contributed by atoms with van der Waals surface area (Å²) in [6.07, 6.45) is 0. The molecule has 2 nitrogen and oxygen atoms in total. The molecule has 0 radical (unpaired) electrons. The van der Waals surface area contributed by atoms with Crippen LogP contribution in [0.4, 0.5) is 8.78 Å². The van der Waals surface area contributed by atoms with Crippen LogP contribution in [0.3, 0.4) is 0 Å². The second-order valence-corrected chi connectivity index (χ2v) is 9.42. The van der Waals surface area contributed by atoms with Crippen LogP contribution in [-0.2, 0) is 13.2 Å². The summed E-state index contributed by atoms with van der Waals surface area (Å²) in [4.78, 5) is 0. The maximum absolute atomic E-state index is 14.1. The lowest BCUT2D eigenvalue weighted by atomic mass is 10.0. The molecule has 0 atom stereocenters. The average Bonchev–Trinajstić information content (AvgIpc) is 2.99. The minimum Gasteiger partial charge on any atom is -0.485 e. The van der Waals surface area contributed by atoms with Gasteiger partial charge >= 0.3 is 0 Å². The minimum absolute atomic E-state index is 0.238. The highest BCUT2D eigenvalue weighted by atomic mass is 19.1. The van der Waals surface area contributed by atoms with Crippen molar-refractivity contribution >= 4 is 21.5 Å². The first-order valence-corrected chi connectivity index (χ1v) is 12.9. The van der Waals surface area contributed by atoms with Gasteiger partial charge in [-0.05, 0) is 69.8 Å². The van der Waals surface area contributed by atoms with Gasteiger partial charge in [-0.3, -0.25) is 0 Å². The van der Waals surface area contributed by atoms with Crippen molar-refractivity contribution in [2.45, 2.75) is 13.2 Å². The van der Waals surface area contributed by atoms with E-state index in [0.29, 0.717) is 30.3 Å². The first-order valence-electron chi connectivity index (χ1n) is 12.9. The van der Waals surface area contributed by atoms with E-state index in [1.807, 2.05) is 91.0 Å². The van der Waals surface area contributed by atoms with Gasteiger partial charge in [0, 0.05) is 10.9 Å². The third-order valence-electron chi connectivity index (χ3n) is 6.65. The fraction of sp³-hybridized carbons (Fsp3) is 0.0556. The predicted octanol–water partition coefficient (Wildman–Crippen LogP) is 8.83. The van der Waals surface area contributed by atoms with Crippen LogP contribution in [0, 0.1) is 23.5 Å². The molecule has 0 aliphatic rings. The van der Waals surface area contributed by atoms with Gasteiger partial charge in [0.25, 0.3) is 0 Å². The summed E-state index contributed by atoms with van der Waals surface area (Å²) in [6, 6.07) is 37.6. The van der Waals surface area contributed by atoms with Crippen molar-refractivity contribution < 1.29 is 18.3 Å². The second-order valence-electron chi connectivity index (χ2n) is 9.42. The Kier molecular flexibility index (Phi) is 7.11. The SMILES string of the molecule is Fc1cccc(F)c1C#Cc1ccc2cc3ccc(OCc4ccccc4)c(OCc4ccccc4)c3cc2c1. The molecular formula is C36H24F2O2. The average molecular weight is 527 g/mol. The van der Waals surface area contributed by atoms with E-state index in [1.165, 1.54) is 18.2 Å². The third kappa shape index (κ3) is 5.50. The summed E-state index contributed by atoms with van der Waals surface area (Å²) in [7, 11) is 0. The lowest BCUT2D eigenvalue weighted by molar-refractivity contribution is 0.259. The zero-order valence-corrected chi connectivity index (χ0v) is 21.5. The Morgan fingerprint density at radius 2 is 1.18 bits per heavy atom. The topological polar surface area (TPSA) is 18.5 Å². The fourth-order valence-corrected chi connectivity index (χ4v) is 4.58. The van der Waals surface area contributed by atoms with E-state index < -0.39 is 11.6 Å². The normalized spacial score (nSPS) is 10.8. The van der Waals surface area contributed by atoms with Gasteiger partial charge in [-0.1, -0.05) is 90.7 Å². The van der Waals surface area contributed by atoms with Crippen molar-refractivity contribution in [3.05, 3.63) is 155 Å². The van der Waals surface area contributed by atoms with Crippen LogP contribution < -0.4 is 9.47 Å². The minimum atomic E-state index is -0.678. The first kappa shape index (κ1) is 25.2. The molecule has 0 aliphatic heterocycles.